The van der Waals surface area contributed by atoms with Crippen molar-refractivity contribution >= 4 is 27.3 Å². The lowest BCUT2D eigenvalue weighted by atomic mass is 10.2. The van der Waals surface area contributed by atoms with Crippen LogP contribution in [-0.2, 0) is 14.6 Å². The van der Waals surface area contributed by atoms with Crippen molar-refractivity contribution in [2.45, 2.75) is 12.1 Å². The second-order valence-electron chi connectivity index (χ2n) is 3.66. The molecule has 0 unspecified atom stereocenters. The first-order valence-electron chi connectivity index (χ1n) is 4.76. The number of alkyl halides is 1. The Morgan fingerprint density at radius 1 is 1.44 bits per heavy atom. The van der Waals surface area contributed by atoms with Crippen LogP contribution in [0.4, 0.5) is 0 Å². The van der Waals surface area contributed by atoms with E-state index in [2.05, 4.69) is 0 Å². The van der Waals surface area contributed by atoms with Crippen LogP contribution in [0.15, 0.2) is 0 Å². The van der Waals surface area contributed by atoms with E-state index >= 15 is 0 Å². The Morgan fingerprint density at radius 2 is 2.06 bits per heavy atom. The average molecular weight is 272 g/mol. The maximum Gasteiger partial charge on any atom is 0.237 e. The Labute approximate surface area is 98.7 Å². The topological polar surface area (TPSA) is 94.9 Å². The van der Waals surface area contributed by atoms with Crippen LogP contribution in [0.3, 0.4) is 0 Å². The van der Waals surface area contributed by atoms with Gasteiger partial charge in [0.2, 0.25) is 5.91 Å². The number of rotatable bonds is 4. The van der Waals surface area contributed by atoms with E-state index in [1.807, 2.05) is 0 Å². The molecule has 0 aromatic rings. The molecule has 1 amide bonds. The Morgan fingerprint density at radius 3 is 2.44 bits per heavy atom. The molecule has 8 heteroatoms. The molecule has 6 nitrogen and oxygen atoms in total. The van der Waals surface area contributed by atoms with Crippen molar-refractivity contribution in [3.8, 4) is 0 Å². The molecule has 2 atom stereocenters. The SMILES string of the molecule is O=C(CCl)N(CCO)[C@H]1CS(=O)(=O)C[C@@H]1O. The molecule has 0 aromatic carbocycles. The fourth-order valence-electron chi connectivity index (χ4n) is 1.77. The third kappa shape index (κ3) is 3.07. The number of nitrogens with zero attached hydrogens (tertiary/aromatic N) is 1. The van der Waals surface area contributed by atoms with E-state index in [0.717, 1.165) is 4.90 Å². The Kier molecular flexibility index (Phi) is 4.54. The highest BCUT2D eigenvalue weighted by Gasteiger charge is 2.41. The van der Waals surface area contributed by atoms with Crippen molar-refractivity contribution in [2.24, 2.45) is 0 Å². The van der Waals surface area contributed by atoms with Gasteiger partial charge in [-0.05, 0) is 0 Å². The van der Waals surface area contributed by atoms with Gasteiger partial charge in [-0.25, -0.2) is 8.42 Å². The molecular formula is C8H14ClNO5S. The summed E-state index contributed by atoms with van der Waals surface area (Å²) in [4.78, 5) is 12.5. The summed E-state index contributed by atoms with van der Waals surface area (Å²) in [5.41, 5.74) is 0. The molecule has 0 aliphatic carbocycles. The van der Waals surface area contributed by atoms with Gasteiger partial charge in [-0.15, -0.1) is 11.6 Å². The van der Waals surface area contributed by atoms with Gasteiger partial charge in [-0.1, -0.05) is 0 Å². The zero-order valence-corrected chi connectivity index (χ0v) is 10.1. The van der Waals surface area contributed by atoms with Crippen LogP contribution in [0.25, 0.3) is 0 Å². The maximum atomic E-state index is 11.4. The van der Waals surface area contributed by atoms with E-state index in [4.69, 9.17) is 16.7 Å². The summed E-state index contributed by atoms with van der Waals surface area (Å²) in [6, 6.07) is -0.802. The van der Waals surface area contributed by atoms with Crippen LogP contribution in [-0.4, -0.2) is 72.1 Å². The van der Waals surface area contributed by atoms with Gasteiger partial charge >= 0.3 is 0 Å². The number of aliphatic hydroxyl groups excluding tert-OH is 2. The van der Waals surface area contributed by atoms with Crippen LogP contribution in [0.2, 0.25) is 0 Å². The number of aliphatic hydroxyl groups is 2. The highest BCUT2D eigenvalue weighted by atomic mass is 35.5. The molecule has 2 N–H and O–H groups in total. The predicted molar refractivity (Wildman–Crippen MR) is 58.0 cm³/mol. The molecule has 0 radical (unpaired) electrons. The minimum Gasteiger partial charge on any atom is -0.395 e. The minimum atomic E-state index is -3.32. The van der Waals surface area contributed by atoms with Gasteiger partial charge in [0.15, 0.2) is 9.84 Å². The number of sulfone groups is 1. The Hall–Kier alpha value is -0.370. The maximum absolute atomic E-state index is 11.4. The zero-order valence-electron chi connectivity index (χ0n) is 8.54. The molecule has 1 fully saturated rings. The summed E-state index contributed by atoms with van der Waals surface area (Å²) < 4.78 is 22.6. The number of carbonyl (C=O) groups is 1. The van der Waals surface area contributed by atoms with Gasteiger partial charge in [-0.3, -0.25) is 4.79 Å². The van der Waals surface area contributed by atoms with E-state index in [9.17, 15) is 18.3 Å². The number of halogens is 1. The van der Waals surface area contributed by atoms with Crippen molar-refractivity contribution in [1.29, 1.82) is 0 Å². The van der Waals surface area contributed by atoms with E-state index in [1.165, 1.54) is 0 Å². The molecule has 0 bridgehead atoms. The Balaban J connectivity index is 2.83. The van der Waals surface area contributed by atoms with E-state index in [-0.39, 0.29) is 30.5 Å². The summed E-state index contributed by atoms with van der Waals surface area (Å²) in [5, 5.41) is 18.4. The quantitative estimate of drug-likeness (QED) is 0.589. The average Bonchev–Trinajstić information content (AvgIpc) is 2.47. The van der Waals surface area contributed by atoms with Crippen LogP contribution < -0.4 is 0 Å². The van der Waals surface area contributed by atoms with E-state index in [0.29, 0.717) is 0 Å². The van der Waals surface area contributed by atoms with E-state index in [1.54, 1.807) is 0 Å². The predicted octanol–water partition coefficient (Wildman–Crippen LogP) is -1.80. The summed E-state index contributed by atoms with van der Waals surface area (Å²) in [7, 11) is -3.32. The Bertz CT molecular complexity index is 357. The zero-order chi connectivity index (χ0) is 12.3. The lowest BCUT2D eigenvalue weighted by molar-refractivity contribution is -0.132. The molecule has 0 aromatic heterocycles. The smallest absolute Gasteiger partial charge is 0.237 e. The van der Waals surface area contributed by atoms with Gasteiger partial charge in [0.1, 0.15) is 5.88 Å². The first-order chi connectivity index (χ1) is 7.41. The standard InChI is InChI=1S/C8H14ClNO5S/c9-3-8(13)10(1-2-11)6-4-16(14,15)5-7(6)12/h6-7,11-12H,1-5H2/t6-,7-/m0/s1. The van der Waals surface area contributed by atoms with Crippen molar-refractivity contribution in [3.63, 3.8) is 0 Å². The van der Waals surface area contributed by atoms with Crippen molar-refractivity contribution in [3.05, 3.63) is 0 Å². The van der Waals surface area contributed by atoms with Gasteiger partial charge in [0.05, 0.1) is 30.3 Å². The fraction of sp³-hybridized carbons (Fsp3) is 0.875. The largest absolute Gasteiger partial charge is 0.395 e. The summed E-state index contributed by atoms with van der Waals surface area (Å²) >= 11 is 5.38. The lowest BCUT2D eigenvalue weighted by Crippen LogP contribution is -2.48. The molecular weight excluding hydrogens is 258 g/mol. The van der Waals surface area contributed by atoms with Gasteiger partial charge in [0, 0.05) is 6.54 Å². The van der Waals surface area contributed by atoms with Gasteiger partial charge in [0.25, 0.3) is 0 Å². The highest BCUT2D eigenvalue weighted by Crippen LogP contribution is 2.18. The van der Waals surface area contributed by atoms with Crippen LogP contribution in [0.1, 0.15) is 0 Å². The molecule has 94 valence electrons. The molecule has 1 aliphatic heterocycles. The first kappa shape index (κ1) is 13.7. The monoisotopic (exact) mass is 271 g/mol. The molecule has 0 saturated carbocycles. The fourth-order valence-corrected chi connectivity index (χ4v) is 3.72. The van der Waals surface area contributed by atoms with Crippen LogP contribution in [0.5, 0.6) is 0 Å². The molecule has 16 heavy (non-hydrogen) atoms. The summed E-state index contributed by atoms with van der Waals surface area (Å²) in [6.07, 6.45) is -1.11. The third-order valence-electron chi connectivity index (χ3n) is 2.47. The second kappa shape index (κ2) is 5.31. The first-order valence-corrected chi connectivity index (χ1v) is 7.11. The summed E-state index contributed by atoms with van der Waals surface area (Å²) in [6.45, 7) is -0.325. The van der Waals surface area contributed by atoms with Gasteiger partial charge in [-0.2, -0.15) is 0 Å². The summed E-state index contributed by atoms with van der Waals surface area (Å²) in [5.74, 6) is -1.42. The van der Waals surface area contributed by atoms with Crippen molar-refractivity contribution < 1.29 is 23.4 Å². The van der Waals surface area contributed by atoms with Crippen molar-refractivity contribution in [2.75, 3.05) is 30.5 Å². The van der Waals surface area contributed by atoms with Crippen LogP contribution in [0, 0.1) is 0 Å². The normalized spacial score (nSPS) is 27.9. The van der Waals surface area contributed by atoms with Crippen LogP contribution >= 0.6 is 11.6 Å². The minimum absolute atomic E-state index is 0.0250. The molecule has 1 heterocycles. The number of hydrogen-bond acceptors (Lipinski definition) is 5. The molecule has 1 aliphatic rings. The molecule has 1 saturated heterocycles. The number of amides is 1. The molecule has 0 spiro atoms. The number of hydrogen-bond donors (Lipinski definition) is 2. The van der Waals surface area contributed by atoms with E-state index < -0.39 is 27.9 Å². The van der Waals surface area contributed by atoms with Crippen molar-refractivity contribution in [1.82, 2.24) is 4.90 Å². The second-order valence-corrected chi connectivity index (χ2v) is 6.08. The molecule has 1 rings (SSSR count). The lowest BCUT2D eigenvalue weighted by Gasteiger charge is -2.28. The third-order valence-corrected chi connectivity index (χ3v) is 4.40. The highest BCUT2D eigenvalue weighted by molar-refractivity contribution is 7.91. The number of carbonyl (C=O) groups excluding carboxylic acids is 1. The van der Waals surface area contributed by atoms with Gasteiger partial charge < -0.3 is 15.1 Å².